The minimum Gasteiger partial charge on any atom is -0.497 e. The zero-order chi connectivity index (χ0) is 43.1. The molecule has 6 rings (SSSR count). The minimum atomic E-state index is -1.86. The van der Waals surface area contributed by atoms with Gasteiger partial charge in [0, 0.05) is 36.2 Å². The molecule has 1 saturated heterocycles. The molecule has 14 heteroatoms. The highest BCUT2D eigenvalue weighted by Crippen LogP contribution is 2.43. The van der Waals surface area contributed by atoms with Crippen molar-refractivity contribution in [3.05, 3.63) is 157 Å². The molecule has 2 heterocycles. The van der Waals surface area contributed by atoms with Gasteiger partial charge in [-0.05, 0) is 90.3 Å². The standard InChI is InChI=1S/C46H53ClN2O10Si/c1-31-29-49(43(51)48-42(31)50)41-28-39(59-44(52)57-38-24-18-35(47)19-25-38)40(58-41)30-55-46(32-12-9-8-10-13-32,33-14-20-36(53-5)21-15-33)34-16-22-37(23-17-34)54-26-11-27-56-60(6,7)45(2,3)4/h8-10,12-25,29,39-41H,11,26-28,30H2,1-7H3,(H,48,50,51)/t39?,40-,41-,46?/m1/s1. The first kappa shape index (κ1) is 44.4. The molecule has 0 aliphatic carbocycles. The molecule has 1 fully saturated rings. The molecular weight excluding hydrogens is 804 g/mol. The average Bonchev–Trinajstić information content (AvgIpc) is 3.62. The van der Waals surface area contributed by atoms with Crippen LogP contribution in [-0.4, -0.2) is 63.2 Å². The molecule has 0 saturated carbocycles. The van der Waals surface area contributed by atoms with Crippen LogP contribution in [0.15, 0.2) is 119 Å². The summed E-state index contributed by atoms with van der Waals surface area (Å²) in [5, 5.41) is 0.608. The van der Waals surface area contributed by atoms with Crippen LogP contribution in [0.1, 0.15) is 62.1 Å². The van der Waals surface area contributed by atoms with Crippen LogP contribution < -0.4 is 25.5 Å². The molecule has 60 heavy (non-hydrogen) atoms. The van der Waals surface area contributed by atoms with E-state index in [1.54, 1.807) is 38.3 Å². The number of aryl methyl sites for hydroxylation is 1. The molecule has 12 nitrogen and oxygen atoms in total. The second kappa shape index (κ2) is 19.0. The molecule has 1 aliphatic rings. The summed E-state index contributed by atoms with van der Waals surface area (Å²) in [7, 11) is -0.252. The summed E-state index contributed by atoms with van der Waals surface area (Å²) in [5.41, 5.74) is 0.293. The van der Waals surface area contributed by atoms with Crippen LogP contribution in [0.25, 0.3) is 0 Å². The summed E-state index contributed by atoms with van der Waals surface area (Å²) in [6.45, 7) is 13.8. The number of nitrogens with zero attached hydrogens (tertiary/aromatic N) is 1. The molecule has 0 bridgehead atoms. The van der Waals surface area contributed by atoms with Gasteiger partial charge in [-0.15, -0.1) is 0 Å². The Labute approximate surface area is 356 Å². The van der Waals surface area contributed by atoms with E-state index < -0.39 is 49.8 Å². The molecule has 5 aromatic rings. The third-order valence-corrected chi connectivity index (χ3v) is 15.9. The number of H-pyrrole nitrogens is 1. The number of carbonyl (C=O) groups is 1. The number of hydrogen-bond donors (Lipinski definition) is 1. The van der Waals surface area contributed by atoms with Crippen molar-refractivity contribution in [1.82, 2.24) is 9.55 Å². The molecule has 318 valence electrons. The number of halogens is 1. The number of carbonyl (C=O) groups excluding carboxylic acids is 1. The van der Waals surface area contributed by atoms with Crippen molar-refractivity contribution in [3.8, 4) is 17.2 Å². The SMILES string of the molecule is COc1ccc(C(OC[C@H]2O[C@@H](n3cc(C)c(=O)[nH]c3=O)CC2OC(=O)Oc2ccc(Cl)cc2)(c2ccccc2)c2ccc(OCCCO[Si](C)(C)C(C)(C)C)cc2)cc1. The third kappa shape index (κ3) is 10.4. The van der Waals surface area contributed by atoms with Gasteiger partial charge in [-0.25, -0.2) is 9.59 Å². The van der Waals surface area contributed by atoms with Crippen LogP contribution >= 0.6 is 11.6 Å². The van der Waals surface area contributed by atoms with Crippen LogP contribution in [0.3, 0.4) is 0 Å². The average molecular weight is 857 g/mol. The van der Waals surface area contributed by atoms with E-state index in [4.69, 9.17) is 44.4 Å². The lowest BCUT2D eigenvalue weighted by Gasteiger charge is -2.37. The maximum atomic E-state index is 13.2. The maximum Gasteiger partial charge on any atom is 0.514 e. The minimum absolute atomic E-state index is 0.0585. The van der Waals surface area contributed by atoms with Gasteiger partial charge in [0.05, 0.1) is 20.3 Å². The topological polar surface area (TPSA) is 137 Å². The molecule has 0 amide bonds. The van der Waals surface area contributed by atoms with Crippen molar-refractivity contribution in [1.29, 1.82) is 0 Å². The van der Waals surface area contributed by atoms with Crippen molar-refractivity contribution >= 4 is 26.1 Å². The Bertz CT molecular complexity index is 2310. The fraction of sp³-hybridized carbons (Fsp3) is 0.370. The molecule has 4 atom stereocenters. The number of ether oxygens (including phenoxy) is 6. The highest BCUT2D eigenvalue weighted by molar-refractivity contribution is 6.74. The van der Waals surface area contributed by atoms with Crippen LogP contribution in [0.2, 0.25) is 23.2 Å². The van der Waals surface area contributed by atoms with Crippen molar-refractivity contribution in [3.63, 3.8) is 0 Å². The van der Waals surface area contributed by atoms with E-state index in [9.17, 15) is 14.4 Å². The Kier molecular flexibility index (Phi) is 14.1. The predicted octanol–water partition coefficient (Wildman–Crippen LogP) is 9.18. The van der Waals surface area contributed by atoms with E-state index in [-0.39, 0.29) is 23.8 Å². The summed E-state index contributed by atoms with van der Waals surface area (Å²) in [6.07, 6.45) is -1.49. The van der Waals surface area contributed by atoms with Gasteiger partial charge in [0.25, 0.3) is 5.56 Å². The van der Waals surface area contributed by atoms with Gasteiger partial charge >= 0.3 is 11.8 Å². The number of hydrogen-bond acceptors (Lipinski definition) is 10. The molecular formula is C46H53ClN2O10Si. The molecule has 1 aromatic heterocycles. The molecule has 4 aromatic carbocycles. The first-order chi connectivity index (χ1) is 28.6. The van der Waals surface area contributed by atoms with E-state index in [1.807, 2.05) is 78.9 Å². The second-order valence-corrected chi connectivity index (χ2v) is 21.5. The highest BCUT2D eigenvalue weighted by Gasteiger charge is 2.44. The Balaban J connectivity index is 1.31. The molecule has 1 aliphatic heterocycles. The predicted molar refractivity (Wildman–Crippen MR) is 232 cm³/mol. The lowest BCUT2D eigenvalue weighted by molar-refractivity contribution is -0.0975. The normalized spacial score (nSPS) is 17.8. The fourth-order valence-electron chi connectivity index (χ4n) is 6.73. The van der Waals surface area contributed by atoms with Gasteiger partial charge in [-0.2, -0.15) is 0 Å². The van der Waals surface area contributed by atoms with Gasteiger partial charge in [-0.1, -0.05) is 87.0 Å². The van der Waals surface area contributed by atoms with Crippen molar-refractivity contribution in [2.45, 2.75) is 82.7 Å². The first-order valence-electron chi connectivity index (χ1n) is 19.9. The number of benzene rings is 4. The Morgan fingerprint density at radius 1 is 0.850 bits per heavy atom. The summed E-state index contributed by atoms with van der Waals surface area (Å²) in [6, 6.07) is 31.4. The first-order valence-corrected chi connectivity index (χ1v) is 23.2. The van der Waals surface area contributed by atoms with Crippen LogP contribution in [0.5, 0.6) is 17.2 Å². The second-order valence-electron chi connectivity index (χ2n) is 16.2. The summed E-state index contributed by atoms with van der Waals surface area (Å²) in [5.74, 6) is 1.59. The number of nitrogens with one attached hydrogen (secondary N) is 1. The number of aromatic amines is 1. The Morgan fingerprint density at radius 3 is 2.07 bits per heavy atom. The van der Waals surface area contributed by atoms with E-state index in [2.05, 4.69) is 38.8 Å². The summed E-state index contributed by atoms with van der Waals surface area (Å²) < 4.78 is 44.3. The van der Waals surface area contributed by atoms with Crippen LogP contribution in [-0.2, 0) is 24.2 Å². The number of aromatic nitrogens is 2. The van der Waals surface area contributed by atoms with Gasteiger partial charge in [0.2, 0.25) is 0 Å². The number of rotatable bonds is 16. The zero-order valence-corrected chi connectivity index (χ0v) is 36.8. The van der Waals surface area contributed by atoms with Crippen molar-refractivity contribution < 1.29 is 37.6 Å². The van der Waals surface area contributed by atoms with Crippen LogP contribution in [0, 0.1) is 6.92 Å². The van der Waals surface area contributed by atoms with Gasteiger partial charge < -0.3 is 32.8 Å². The molecule has 2 unspecified atom stereocenters. The summed E-state index contributed by atoms with van der Waals surface area (Å²) >= 11 is 6.03. The zero-order valence-electron chi connectivity index (χ0n) is 35.1. The molecule has 0 radical (unpaired) electrons. The Hall–Kier alpha value is -5.18. The lowest BCUT2D eigenvalue weighted by Crippen LogP contribution is -2.41. The Morgan fingerprint density at radius 2 is 1.45 bits per heavy atom. The smallest absolute Gasteiger partial charge is 0.497 e. The van der Waals surface area contributed by atoms with Gasteiger partial charge in [-0.3, -0.25) is 14.3 Å². The lowest BCUT2D eigenvalue weighted by atomic mass is 9.80. The molecule has 0 spiro atoms. The van der Waals surface area contributed by atoms with Gasteiger partial charge in [0.1, 0.15) is 41.3 Å². The summed E-state index contributed by atoms with van der Waals surface area (Å²) in [4.78, 5) is 40.9. The van der Waals surface area contributed by atoms with Crippen LogP contribution in [0.4, 0.5) is 4.79 Å². The highest BCUT2D eigenvalue weighted by atomic mass is 35.5. The maximum absolute atomic E-state index is 13.2. The number of methoxy groups -OCH3 is 1. The van der Waals surface area contributed by atoms with E-state index in [1.165, 1.54) is 10.8 Å². The quantitative estimate of drug-likeness (QED) is 0.0336. The van der Waals surface area contributed by atoms with E-state index >= 15 is 0 Å². The fourth-order valence-corrected chi connectivity index (χ4v) is 7.94. The van der Waals surface area contributed by atoms with Crippen molar-refractivity contribution in [2.75, 3.05) is 26.9 Å². The van der Waals surface area contributed by atoms with E-state index in [0.29, 0.717) is 35.3 Å². The van der Waals surface area contributed by atoms with Gasteiger partial charge in [0.15, 0.2) is 8.32 Å². The van der Waals surface area contributed by atoms with E-state index in [0.717, 1.165) is 23.1 Å². The molecule has 1 N–H and O–H groups in total. The monoisotopic (exact) mass is 856 g/mol. The third-order valence-electron chi connectivity index (χ3n) is 11.1. The largest absolute Gasteiger partial charge is 0.514 e. The van der Waals surface area contributed by atoms with Crippen molar-refractivity contribution in [2.24, 2.45) is 0 Å².